The van der Waals surface area contributed by atoms with Gasteiger partial charge in [-0.05, 0) is 31.0 Å². The Bertz CT molecular complexity index is 693. The standard InChI is InChI=1S/C16H22N2O2S/c1-3-17-15(10-6-12-21(2,19)20)14-9-4-7-13-8-5-11-18-16(13)14/h4-5,7-9,11,15,17H,3,6,10,12H2,1-2H3. The molecule has 0 fully saturated rings. The van der Waals surface area contributed by atoms with Crippen LogP contribution in [0.15, 0.2) is 36.5 Å². The number of hydrogen-bond acceptors (Lipinski definition) is 4. The summed E-state index contributed by atoms with van der Waals surface area (Å²) in [6.07, 6.45) is 4.52. The number of pyridine rings is 1. The van der Waals surface area contributed by atoms with E-state index in [1.807, 2.05) is 24.3 Å². The van der Waals surface area contributed by atoms with Gasteiger partial charge >= 0.3 is 0 Å². The fourth-order valence-electron chi connectivity index (χ4n) is 2.57. The van der Waals surface area contributed by atoms with Crippen LogP contribution in [0.25, 0.3) is 10.9 Å². The van der Waals surface area contributed by atoms with Crippen LogP contribution in [0.3, 0.4) is 0 Å². The minimum absolute atomic E-state index is 0.135. The van der Waals surface area contributed by atoms with E-state index in [4.69, 9.17) is 0 Å². The van der Waals surface area contributed by atoms with Gasteiger partial charge in [-0.1, -0.05) is 31.2 Å². The minimum Gasteiger partial charge on any atom is -0.310 e. The summed E-state index contributed by atoms with van der Waals surface area (Å²) < 4.78 is 22.6. The molecule has 1 atom stereocenters. The van der Waals surface area contributed by atoms with E-state index in [-0.39, 0.29) is 11.8 Å². The van der Waals surface area contributed by atoms with E-state index in [0.717, 1.165) is 29.4 Å². The Labute approximate surface area is 126 Å². The lowest BCUT2D eigenvalue weighted by atomic mass is 9.99. The fourth-order valence-corrected chi connectivity index (χ4v) is 3.26. The van der Waals surface area contributed by atoms with Gasteiger partial charge in [0.15, 0.2) is 0 Å². The highest BCUT2D eigenvalue weighted by Crippen LogP contribution is 2.25. The second-order valence-electron chi connectivity index (χ2n) is 5.30. The van der Waals surface area contributed by atoms with E-state index in [1.165, 1.54) is 6.26 Å². The molecule has 21 heavy (non-hydrogen) atoms. The first-order valence-electron chi connectivity index (χ1n) is 7.26. The maximum Gasteiger partial charge on any atom is 0.147 e. The van der Waals surface area contributed by atoms with Gasteiger partial charge in [0.25, 0.3) is 0 Å². The predicted octanol–water partition coefficient (Wildman–Crippen LogP) is 2.71. The Balaban J connectivity index is 2.23. The van der Waals surface area contributed by atoms with Crippen LogP contribution in [0.5, 0.6) is 0 Å². The van der Waals surface area contributed by atoms with Crippen molar-refractivity contribution in [2.45, 2.75) is 25.8 Å². The van der Waals surface area contributed by atoms with Crippen LogP contribution in [0.4, 0.5) is 0 Å². The number of para-hydroxylation sites is 1. The Morgan fingerprint density at radius 3 is 2.71 bits per heavy atom. The van der Waals surface area contributed by atoms with Gasteiger partial charge in [0.05, 0.1) is 5.52 Å². The molecule has 0 spiro atoms. The molecule has 0 aliphatic heterocycles. The Morgan fingerprint density at radius 1 is 1.24 bits per heavy atom. The molecule has 1 aromatic carbocycles. The SMILES string of the molecule is CCNC(CCCS(C)(=O)=O)c1cccc2cccnc12. The molecule has 0 saturated carbocycles. The molecule has 4 nitrogen and oxygen atoms in total. The molecule has 2 rings (SSSR count). The summed E-state index contributed by atoms with van der Waals surface area (Å²) in [5, 5.41) is 4.55. The third kappa shape index (κ3) is 4.51. The summed E-state index contributed by atoms with van der Waals surface area (Å²) >= 11 is 0. The van der Waals surface area contributed by atoms with Crippen molar-refractivity contribution in [1.29, 1.82) is 0 Å². The van der Waals surface area contributed by atoms with Crippen molar-refractivity contribution < 1.29 is 8.42 Å². The number of benzene rings is 1. The molecule has 0 amide bonds. The third-order valence-electron chi connectivity index (χ3n) is 3.50. The number of aromatic nitrogens is 1. The van der Waals surface area contributed by atoms with E-state index in [2.05, 4.69) is 23.3 Å². The molecule has 1 heterocycles. The number of nitrogens with one attached hydrogen (secondary N) is 1. The highest BCUT2D eigenvalue weighted by Gasteiger charge is 2.15. The zero-order chi connectivity index (χ0) is 15.3. The van der Waals surface area contributed by atoms with Crippen LogP contribution in [0.1, 0.15) is 31.4 Å². The van der Waals surface area contributed by atoms with Gasteiger partial charge < -0.3 is 5.32 Å². The normalized spacial score (nSPS) is 13.4. The number of sulfone groups is 1. The maximum atomic E-state index is 11.3. The van der Waals surface area contributed by atoms with Gasteiger partial charge in [-0.2, -0.15) is 0 Å². The van der Waals surface area contributed by atoms with Crippen molar-refractivity contribution in [1.82, 2.24) is 10.3 Å². The highest BCUT2D eigenvalue weighted by atomic mass is 32.2. The smallest absolute Gasteiger partial charge is 0.147 e. The molecule has 114 valence electrons. The van der Waals surface area contributed by atoms with Crippen LogP contribution in [0, 0.1) is 0 Å². The van der Waals surface area contributed by atoms with Crippen LogP contribution < -0.4 is 5.32 Å². The quantitative estimate of drug-likeness (QED) is 0.854. The van der Waals surface area contributed by atoms with Gasteiger partial charge in [0.2, 0.25) is 0 Å². The molecule has 0 bridgehead atoms. The van der Waals surface area contributed by atoms with Crippen LogP contribution in [0.2, 0.25) is 0 Å². The molecule has 1 unspecified atom stereocenters. The second kappa shape index (κ2) is 7.00. The summed E-state index contributed by atoms with van der Waals surface area (Å²) in [4.78, 5) is 4.48. The lowest BCUT2D eigenvalue weighted by molar-refractivity contribution is 0.509. The first kappa shape index (κ1) is 15.9. The highest BCUT2D eigenvalue weighted by molar-refractivity contribution is 7.90. The molecule has 1 aromatic heterocycles. The van der Waals surface area contributed by atoms with Gasteiger partial charge in [-0.15, -0.1) is 0 Å². The molecule has 0 aliphatic carbocycles. The molecule has 0 saturated heterocycles. The van der Waals surface area contributed by atoms with E-state index >= 15 is 0 Å². The predicted molar refractivity (Wildman–Crippen MR) is 87.1 cm³/mol. The molecule has 5 heteroatoms. The van der Waals surface area contributed by atoms with Gasteiger partial charge in [-0.25, -0.2) is 8.42 Å². The van der Waals surface area contributed by atoms with Crippen molar-refractivity contribution in [2.75, 3.05) is 18.6 Å². The van der Waals surface area contributed by atoms with Crippen molar-refractivity contribution in [2.24, 2.45) is 0 Å². The molecular formula is C16H22N2O2S. The molecule has 0 radical (unpaired) electrons. The van der Waals surface area contributed by atoms with E-state index in [9.17, 15) is 8.42 Å². The number of hydrogen-bond donors (Lipinski definition) is 1. The Kier molecular flexibility index (Phi) is 5.31. The van der Waals surface area contributed by atoms with E-state index < -0.39 is 9.84 Å². The third-order valence-corrected chi connectivity index (χ3v) is 4.53. The maximum absolute atomic E-state index is 11.3. The molecule has 0 aliphatic rings. The van der Waals surface area contributed by atoms with Gasteiger partial charge in [0, 0.05) is 29.6 Å². The lowest BCUT2D eigenvalue weighted by Crippen LogP contribution is -2.22. The summed E-state index contributed by atoms with van der Waals surface area (Å²) in [5.74, 6) is 0.229. The van der Waals surface area contributed by atoms with Crippen molar-refractivity contribution in [3.63, 3.8) is 0 Å². The number of rotatable bonds is 7. The molecule has 2 aromatic rings. The summed E-state index contributed by atoms with van der Waals surface area (Å²) in [6, 6.07) is 10.3. The van der Waals surface area contributed by atoms with Crippen LogP contribution in [-0.2, 0) is 9.84 Å². The molecular weight excluding hydrogens is 284 g/mol. The number of fused-ring (bicyclic) bond motifs is 1. The van der Waals surface area contributed by atoms with Gasteiger partial charge in [-0.3, -0.25) is 4.98 Å². The zero-order valence-corrected chi connectivity index (χ0v) is 13.4. The largest absolute Gasteiger partial charge is 0.310 e. The van der Waals surface area contributed by atoms with Crippen LogP contribution in [-0.4, -0.2) is 32.0 Å². The van der Waals surface area contributed by atoms with Crippen molar-refractivity contribution >= 4 is 20.7 Å². The van der Waals surface area contributed by atoms with E-state index in [0.29, 0.717) is 6.42 Å². The summed E-state index contributed by atoms with van der Waals surface area (Å²) in [7, 11) is -2.90. The minimum atomic E-state index is -2.90. The topological polar surface area (TPSA) is 59.1 Å². The average molecular weight is 306 g/mol. The fraction of sp³-hybridized carbons (Fsp3) is 0.438. The number of nitrogens with zero attached hydrogens (tertiary/aromatic N) is 1. The monoisotopic (exact) mass is 306 g/mol. The summed E-state index contributed by atoms with van der Waals surface area (Å²) in [5.41, 5.74) is 2.13. The van der Waals surface area contributed by atoms with Crippen LogP contribution >= 0.6 is 0 Å². The van der Waals surface area contributed by atoms with Gasteiger partial charge in [0.1, 0.15) is 9.84 Å². The van der Waals surface area contributed by atoms with E-state index in [1.54, 1.807) is 6.20 Å². The lowest BCUT2D eigenvalue weighted by Gasteiger charge is -2.19. The van der Waals surface area contributed by atoms with Crippen molar-refractivity contribution in [3.05, 3.63) is 42.1 Å². The summed E-state index contributed by atoms with van der Waals surface area (Å²) in [6.45, 7) is 2.90. The molecule has 1 N–H and O–H groups in total. The first-order chi connectivity index (χ1) is 10.0. The van der Waals surface area contributed by atoms with Crippen molar-refractivity contribution in [3.8, 4) is 0 Å². The Hall–Kier alpha value is -1.46. The average Bonchev–Trinajstić information content (AvgIpc) is 2.44. The first-order valence-corrected chi connectivity index (χ1v) is 9.32. The zero-order valence-electron chi connectivity index (χ0n) is 12.5. The Morgan fingerprint density at radius 2 is 2.00 bits per heavy atom. The second-order valence-corrected chi connectivity index (χ2v) is 7.56.